The van der Waals surface area contributed by atoms with E-state index in [0.717, 1.165) is 5.56 Å². The lowest BCUT2D eigenvalue weighted by molar-refractivity contribution is -0.0148. The fourth-order valence-electron chi connectivity index (χ4n) is 5.26. The normalized spacial score (nSPS) is 22.0. The number of hydrogen-bond donors (Lipinski definition) is 2. The topological polar surface area (TPSA) is 75.8 Å². The van der Waals surface area contributed by atoms with E-state index < -0.39 is 32.1 Å². The van der Waals surface area contributed by atoms with Crippen molar-refractivity contribution in [2.24, 2.45) is 5.41 Å². The molecule has 5 nitrogen and oxygen atoms in total. The van der Waals surface area contributed by atoms with Crippen molar-refractivity contribution in [3.05, 3.63) is 65.5 Å². The first-order valence-electron chi connectivity index (χ1n) is 12.8. The molecule has 2 aromatic carbocycles. The molecule has 1 heterocycles. The van der Waals surface area contributed by atoms with Crippen LogP contribution in [0.5, 0.6) is 0 Å². The molecule has 3 rings (SSSR count). The molecule has 1 saturated heterocycles. The van der Waals surface area contributed by atoms with E-state index in [4.69, 9.17) is 10.2 Å². The van der Waals surface area contributed by atoms with Crippen molar-refractivity contribution >= 4 is 20.1 Å². The van der Waals surface area contributed by atoms with Crippen LogP contribution in [0.3, 0.4) is 0 Å². The van der Waals surface area contributed by atoms with Gasteiger partial charge in [-0.15, -0.1) is 0 Å². The van der Waals surface area contributed by atoms with E-state index in [1.54, 1.807) is 11.0 Å². The summed E-state index contributed by atoms with van der Waals surface area (Å²) in [5, 5.41) is 10.6. The molecule has 198 valence electrons. The molecule has 0 aliphatic carbocycles. The standard InChI is InChI=1S/C29H43FN2O3Si/c1-27(2,3)29(19-20-12-14-23(31)15-13-20)17-16-24(32(29)26(33)34)25(21-10-9-11-22(30)18-21)35-36(7,8)28(4,5)6/h9-15,18,24-25H,16-17,19,31H2,1-8H3,(H,33,34)/t24-,25-,29?/m1/s1. The monoisotopic (exact) mass is 514 g/mol. The van der Waals surface area contributed by atoms with Gasteiger partial charge in [0.15, 0.2) is 8.32 Å². The number of hydrogen-bond acceptors (Lipinski definition) is 3. The summed E-state index contributed by atoms with van der Waals surface area (Å²) in [6, 6.07) is 13.7. The van der Waals surface area contributed by atoms with Crippen LogP contribution in [0, 0.1) is 11.2 Å². The van der Waals surface area contributed by atoms with Crippen molar-refractivity contribution in [3.8, 4) is 0 Å². The van der Waals surface area contributed by atoms with Gasteiger partial charge in [-0.2, -0.15) is 0 Å². The number of carboxylic acid groups (broad SMARTS) is 1. The van der Waals surface area contributed by atoms with Gasteiger partial charge in [-0.25, -0.2) is 9.18 Å². The molecular formula is C29H43FN2O3Si. The summed E-state index contributed by atoms with van der Waals surface area (Å²) in [7, 11) is -2.33. The van der Waals surface area contributed by atoms with Crippen LogP contribution < -0.4 is 5.73 Å². The molecule has 1 fully saturated rings. The SMILES string of the molecule is CC(C)(C)C1(Cc2ccc(N)cc2)CC[C@H]([C@H](O[Si](C)(C)C(C)(C)C)c2cccc(F)c2)N1C(=O)O. The van der Waals surface area contributed by atoms with E-state index in [-0.39, 0.29) is 16.3 Å². The van der Waals surface area contributed by atoms with Gasteiger partial charge in [-0.3, -0.25) is 4.90 Å². The number of nitrogens with two attached hydrogens (primary N) is 1. The van der Waals surface area contributed by atoms with Gasteiger partial charge >= 0.3 is 6.09 Å². The quantitative estimate of drug-likeness (QED) is 0.307. The first-order chi connectivity index (χ1) is 16.5. The molecule has 0 radical (unpaired) electrons. The van der Waals surface area contributed by atoms with Gasteiger partial charge in [-0.1, -0.05) is 65.8 Å². The van der Waals surface area contributed by atoms with E-state index in [1.165, 1.54) is 12.1 Å². The van der Waals surface area contributed by atoms with Crippen LogP contribution in [0.2, 0.25) is 18.1 Å². The van der Waals surface area contributed by atoms with Crippen LogP contribution in [0.25, 0.3) is 0 Å². The molecule has 1 amide bonds. The van der Waals surface area contributed by atoms with Crippen LogP contribution in [0.15, 0.2) is 48.5 Å². The number of rotatable bonds is 6. The highest BCUT2D eigenvalue weighted by atomic mass is 28.4. The number of anilines is 1. The number of carbonyl (C=O) groups is 1. The van der Waals surface area contributed by atoms with Crippen LogP contribution in [-0.2, 0) is 10.8 Å². The zero-order valence-corrected chi connectivity index (χ0v) is 24.1. The van der Waals surface area contributed by atoms with Crippen molar-refractivity contribution in [1.82, 2.24) is 4.90 Å². The molecule has 1 aliphatic heterocycles. The Labute approximate surface area is 217 Å². The Kier molecular flexibility index (Phi) is 7.69. The van der Waals surface area contributed by atoms with Crippen LogP contribution in [0.1, 0.15) is 71.6 Å². The second-order valence-corrected chi connectivity index (χ2v) is 17.6. The molecule has 7 heteroatoms. The molecule has 1 aliphatic rings. The Bertz CT molecular complexity index is 1080. The summed E-state index contributed by atoms with van der Waals surface area (Å²) < 4.78 is 21.3. The second kappa shape index (κ2) is 9.82. The molecule has 36 heavy (non-hydrogen) atoms. The van der Waals surface area contributed by atoms with Gasteiger partial charge in [0.05, 0.1) is 17.7 Å². The number of likely N-dealkylation sites (tertiary alicyclic amines) is 1. The van der Waals surface area contributed by atoms with Gasteiger partial charge in [0.2, 0.25) is 0 Å². The first-order valence-corrected chi connectivity index (χ1v) is 15.7. The summed E-state index contributed by atoms with van der Waals surface area (Å²) in [6.07, 6.45) is 0.352. The summed E-state index contributed by atoms with van der Waals surface area (Å²) >= 11 is 0. The molecule has 1 unspecified atom stereocenters. The Morgan fingerprint density at radius 1 is 1.17 bits per heavy atom. The van der Waals surface area contributed by atoms with Crippen molar-refractivity contribution in [2.45, 2.75) is 96.6 Å². The molecule has 0 aromatic heterocycles. The van der Waals surface area contributed by atoms with Crippen molar-refractivity contribution in [3.63, 3.8) is 0 Å². The highest BCUT2D eigenvalue weighted by Crippen LogP contribution is 2.52. The minimum atomic E-state index is -2.33. The lowest BCUT2D eigenvalue weighted by atomic mass is 9.68. The molecule has 3 atom stereocenters. The fraction of sp³-hybridized carbons (Fsp3) is 0.552. The third-order valence-electron chi connectivity index (χ3n) is 8.48. The number of nitrogen functional groups attached to an aromatic ring is 1. The molecular weight excluding hydrogens is 471 g/mol. The number of amides is 1. The number of halogens is 1. The Balaban J connectivity index is 2.14. The van der Waals surface area contributed by atoms with Gasteiger partial charge in [-0.05, 0) is 78.2 Å². The first kappa shape index (κ1) is 28.2. The zero-order chi connectivity index (χ0) is 27.1. The Hall–Kier alpha value is -2.38. The minimum Gasteiger partial charge on any atom is -0.465 e. The Morgan fingerprint density at radius 3 is 2.28 bits per heavy atom. The molecule has 0 bridgehead atoms. The third kappa shape index (κ3) is 5.47. The van der Waals surface area contributed by atoms with E-state index in [0.29, 0.717) is 30.5 Å². The third-order valence-corrected chi connectivity index (χ3v) is 12.9. The maximum atomic E-state index is 14.4. The summed E-state index contributed by atoms with van der Waals surface area (Å²) in [5.74, 6) is -0.347. The van der Waals surface area contributed by atoms with E-state index in [1.807, 2.05) is 30.3 Å². The number of nitrogens with zero attached hydrogens (tertiary/aromatic N) is 1. The van der Waals surface area contributed by atoms with Crippen LogP contribution in [-0.4, -0.2) is 36.0 Å². The lowest BCUT2D eigenvalue weighted by Crippen LogP contribution is -2.60. The highest BCUT2D eigenvalue weighted by molar-refractivity contribution is 6.74. The maximum Gasteiger partial charge on any atom is 0.408 e. The predicted molar refractivity (Wildman–Crippen MR) is 147 cm³/mol. The van der Waals surface area contributed by atoms with Gasteiger partial charge in [0.1, 0.15) is 5.82 Å². The number of benzene rings is 2. The fourth-order valence-corrected chi connectivity index (χ4v) is 6.54. The Morgan fingerprint density at radius 2 is 1.78 bits per heavy atom. The molecule has 0 saturated carbocycles. The summed E-state index contributed by atoms with van der Waals surface area (Å²) in [6.45, 7) is 17.1. The van der Waals surface area contributed by atoms with Crippen molar-refractivity contribution in [1.29, 1.82) is 0 Å². The molecule has 3 N–H and O–H groups in total. The average Bonchev–Trinajstić information content (AvgIpc) is 3.13. The molecule has 0 spiro atoms. The second-order valence-electron chi connectivity index (χ2n) is 12.8. The predicted octanol–water partition coefficient (Wildman–Crippen LogP) is 7.64. The zero-order valence-electron chi connectivity index (χ0n) is 23.1. The highest BCUT2D eigenvalue weighted by Gasteiger charge is 2.58. The van der Waals surface area contributed by atoms with Crippen molar-refractivity contribution < 1.29 is 18.7 Å². The van der Waals surface area contributed by atoms with Gasteiger partial charge in [0.25, 0.3) is 0 Å². The summed E-state index contributed by atoms with van der Waals surface area (Å²) in [4.78, 5) is 14.7. The van der Waals surface area contributed by atoms with Crippen molar-refractivity contribution in [2.75, 3.05) is 5.73 Å². The smallest absolute Gasteiger partial charge is 0.408 e. The van der Waals surface area contributed by atoms with E-state index in [2.05, 4.69) is 54.6 Å². The van der Waals surface area contributed by atoms with Gasteiger partial charge in [0, 0.05) is 5.69 Å². The maximum absolute atomic E-state index is 14.4. The summed E-state index contributed by atoms with van der Waals surface area (Å²) in [5.41, 5.74) is 7.30. The molecule has 2 aromatic rings. The minimum absolute atomic E-state index is 0.0870. The average molecular weight is 515 g/mol. The largest absolute Gasteiger partial charge is 0.465 e. The van der Waals surface area contributed by atoms with E-state index in [9.17, 15) is 14.3 Å². The van der Waals surface area contributed by atoms with Crippen LogP contribution in [0.4, 0.5) is 14.9 Å². The van der Waals surface area contributed by atoms with Gasteiger partial charge < -0.3 is 15.3 Å². The van der Waals surface area contributed by atoms with E-state index >= 15 is 0 Å². The van der Waals surface area contributed by atoms with Crippen LogP contribution >= 0.6 is 0 Å². The lowest BCUT2D eigenvalue weighted by Gasteiger charge is -2.50.